The summed E-state index contributed by atoms with van der Waals surface area (Å²) in [5.74, 6) is -10.2. The molecule has 36 N–H and O–H groups in total. The summed E-state index contributed by atoms with van der Waals surface area (Å²) in [7, 11) is -5.54. The molecule has 11 aliphatic rings. The summed E-state index contributed by atoms with van der Waals surface area (Å²) in [4.78, 5) is 77.6. The van der Waals surface area contributed by atoms with Crippen LogP contribution < -0.4 is 26.6 Å². The third-order valence-electron chi connectivity index (χ3n) is 26.1. The number of carboxylic acid groups (broad SMARTS) is 1. The highest BCUT2D eigenvalue weighted by molar-refractivity contribution is 7.80. The first-order chi connectivity index (χ1) is 68.6. The predicted molar refractivity (Wildman–Crippen MR) is 447 cm³/mol. The lowest BCUT2D eigenvalue weighted by Gasteiger charge is -2.51. The standard InChI is InChI=1S/C79H131N5O61S/c1-18-40(99)51(110)55(114)72(127-18)124-16-34-62(47(106)36(68(118)128-34)81-20(3)93)137-69-37(82-21(4)94)48(107)60(30(13-90)132-69)139-74-57(116)64(46(105)32(135-74)15-125-76-66(53(112)42(101)26(9-86)130-76)142-70-38(83-22(5)95)50(109)61(31(14-91)133-70)140-75-58(117)65(145-146(121,122)123)45(104)28(11-88)129-75)141-77-67(54(113)43(102)27(10-87)131-77)143-71-39(84-23(6)96)49(108)59(29(12-89)134-71)138-73-56(115)52(111)44(103)33(136-73)17-126-79(78(119)120)7-24(97)35(80-19(2)92)63(144-79)41(100)25(98)8-85/h18,24-77,85-91,97-118H,7-17H2,1-6H3,(H,80,92)(H,81,93)(H,82,94)(H,83,95)(H,84,96)(H,119,120)(H,121,122,123)/t18-,24-,25+,26+,27+,28+,29+,30+,31+,32+,33+,34+,35+,36+,37+,38+,39-,40+,41+,42+,43+,44-,45-,46+,47+,48+,49+,50+,51+,52-,53-,54-,55-,56+,57-,58+,59+,60+,61+,62+,63+,64-,65-,66-,67-,68?,69-,70-,71-,72+,73-,74-,75-,76-,77+,79+/m0/s1. The van der Waals surface area contributed by atoms with Gasteiger partial charge < -0.3 is 279 Å². The smallest absolute Gasteiger partial charge is 0.397 e. The normalized spacial score (nSPS) is 47.2. The van der Waals surface area contributed by atoms with Crippen LogP contribution in [0.15, 0.2) is 0 Å². The zero-order valence-electron chi connectivity index (χ0n) is 78.1. The Morgan fingerprint density at radius 2 is 0.658 bits per heavy atom. The molecule has 0 spiro atoms. The first-order valence-electron chi connectivity index (χ1n) is 45.8. The quantitative estimate of drug-likeness (QED) is 0.0253. The molecule has 56 atom stereocenters. The molecule has 66 nitrogen and oxygen atoms in total. The third-order valence-corrected chi connectivity index (χ3v) is 26.6. The van der Waals surface area contributed by atoms with E-state index < -0.39 is 461 Å². The molecule has 11 fully saturated rings. The van der Waals surface area contributed by atoms with E-state index in [0.717, 1.165) is 34.6 Å². The third kappa shape index (κ3) is 27.4. The van der Waals surface area contributed by atoms with E-state index >= 15 is 0 Å². The molecule has 0 bridgehead atoms. The summed E-state index contributed by atoms with van der Waals surface area (Å²) >= 11 is 0. The second kappa shape index (κ2) is 51.8. The molecular formula is C79H131N5O61S. The van der Waals surface area contributed by atoms with Gasteiger partial charge in [0.1, 0.15) is 256 Å². The van der Waals surface area contributed by atoms with Gasteiger partial charge in [0, 0.05) is 41.0 Å². The number of carbonyl (C=O) groups is 6. The van der Waals surface area contributed by atoms with Gasteiger partial charge >= 0.3 is 16.4 Å². The minimum atomic E-state index is -5.54. The molecule has 0 saturated carbocycles. The maximum atomic E-state index is 13.4. The van der Waals surface area contributed by atoms with Crippen molar-refractivity contribution in [2.24, 2.45) is 0 Å². The van der Waals surface area contributed by atoms with Gasteiger partial charge in [0.15, 0.2) is 62.9 Å². The number of amides is 5. The minimum absolute atomic E-state index is 0.836. The number of hydrogen-bond donors (Lipinski definition) is 36. The summed E-state index contributed by atoms with van der Waals surface area (Å²) in [6, 6.07) is -9.89. The highest BCUT2D eigenvalue weighted by Gasteiger charge is 2.64. The molecule has 11 aliphatic heterocycles. The highest BCUT2D eigenvalue weighted by atomic mass is 32.3. The van der Waals surface area contributed by atoms with Crippen LogP contribution in [0.4, 0.5) is 0 Å². The Balaban J connectivity index is 0.912. The highest BCUT2D eigenvalue weighted by Crippen LogP contribution is 2.43. The molecule has 67 heteroatoms. The Morgan fingerprint density at radius 3 is 1.10 bits per heavy atom. The van der Waals surface area contributed by atoms with Crippen molar-refractivity contribution in [3.63, 3.8) is 0 Å². The molecule has 11 rings (SSSR count). The zero-order valence-corrected chi connectivity index (χ0v) is 78.9. The van der Waals surface area contributed by atoms with Gasteiger partial charge in [0.25, 0.3) is 5.79 Å². The first kappa shape index (κ1) is 121. The van der Waals surface area contributed by atoms with Crippen molar-refractivity contribution in [2.45, 2.75) is 391 Å². The van der Waals surface area contributed by atoms with E-state index in [4.69, 9.17) is 99.5 Å². The van der Waals surface area contributed by atoms with Gasteiger partial charge in [-0.25, -0.2) is 8.98 Å². The fourth-order valence-electron chi connectivity index (χ4n) is 18.5. The largest absolute Gasteiger partial charge is 0.477 e. The second-order valence-electron chi connectivity index (χ2n) is 36.5. The van der Waals surface area contributed by atoms with Crippen LogP contribution in [0.2, 0.25) is 0 Å². The van der Waals surface area contributed by atoms with Gasteiger partial charge in [-0.1, -0.05) is 0 Å². The molecule has 0 aromatic heterocycles. The van der Waals surface area contributed by atoms with Crippen LogP contribution in [0.3, 0.4) is 0 Å². The number of hydrogen-bond acceptors (Lipinski definition) is 59. The van der Waals surface area contributed by atoms with Crippen LogP contribution in [0.1, 0.15) is 48.0 Å². The second-order valence-corrected chi connectivity index (χ2v) is 37.5. The average Bonchev–Trinajstić information content (AvgIpc) is 0.773. The molecular weight excluding hydrogens is 2030 g/mol. The van der Waals surface area contributed by atoms with Crippen molar-refractivity contribution in [1.82, 2.24) is 26.6 Å². The number of aliphatic carboxylic acids is 1. The van der Waals surface area contributed by atoms with Crippen molar-refractivity contribution < 1.29 is 299 Å². The molecule has 0 radical (unpaired) electrons. The predicted octanol–water partition coefficient (Wildman–Crippen LogP) is -24.2. The average molecular weight is 2160 g/mol. The van der Waals surface area contributed by atoms with Gasteiger partial charge in [0.2, 0.25) is 29.5 Å². The Kier molecular flexibility index (Phi) is 42.9. The van der Waals surface area contributed by atoms with E-state index in [1.54, 1.807) is 0 Å². The number of aliphatic hydroxyl groups excluding tert-OH is 29. The van der Waals surface area contributed by atoms with Crippen LogP contribution in [0.25, 0.3) is 0 Å². The lowest BCUT2D eigenvalue weighted by atomic mass is 9.88. The molecule has 844 valence electrons. The number of ether oxygens (including phenoxy) is 21. The van der Waals surface area contributed by atoms with Gasteiger partial charge in [-0.2, -0.15) is 8.42 Å². The summed E-state index contributed by atoms with van der Waals surface area (Å²) in [5, 5.41) is 350. The Morgan fingerprint density at radius 1 is 0.329 bits per heavy atom. The summed E-state index contributed by atoms with van der Waals surface area (Å²) in [6.45, 7) is -6.59. The van der Waals surface area contributed by atoms with E-state index in [1.165, 1.54) is 6.92 Å². The molecule has 11 heterocycles. The number of carboxylic acids is 1. The van der Waals surface area contributed by atoms with Gasteiger partial charge in [-0.05, 0) is 6.92 Å². The zero-order chi connectivity index (χ0) is 108. The SMILES string of the molecule is CC(=O)N[C@@H]1[C@H](O[C@@H]2[C@@H](O[C@@H]3[C@H](O)[C@H](O[C@H]4[C@H](O)[C@@H](NC(C)=O)[C@H](O[C@H]5[C@H](O)[C@@H](NC(C)=O)C(O)O[C@@H]5CO[C@@H]5O[C@@H](C)[C@@H](O)[C@@H](O)[C@@H]5O)O[C@@H]4CO)O[C@H](CO[C@H]4O[C@H](CO)[C@@H](O)[C@H](O)[C@@H]4O[C@@H]4O[C@H](CO)[C@@H](O[C@@H]5O[C@H](CO)[C@H](O)[C@H](OS(=O)(=O)O)[C@H]5O)[C@H](O)[C@H]4NC(C)=O)[C@H]3O)O[C@H](CO)[C@@H](O)[C@@H]2O)O[C@H](CO)[C@@H](O[C@@H]2O[C@H](CO[C@]3(C(=O)O)C[C@H](O)[C@@H](NC(C)=O)[C@H]([C@H](O)[C@H](O)CO)O3)[C@H](O)[C@H](O)[C@H]2O)[C@@H]1O. The maximum absolute atomic E-state index is 13.4. The molecule has 11 saturated heterocycles. The molecule has 0 aromatic rings. The van der Waals surface area contributed by atoms with Gasteiger partial charge in [-0.15, -0.1) is 0 Å². The summed E-state index contributed by atoms with van der Waals surface area (Å²) in [6.07, 6.45) is -113. The van der Waals surface area contributed by atoms with Crippen molar-refractivity contribution in [3.8, 4) is 0 Å². The number of carbonyl (C=O) groups excluding carboxylic acids is 5. The lowest BCUT2D eigenvalue weighted by molar-refractivity contribution is -0.399. The molecule has 146 heavy (non-hydrogen) atoms. The van der Waals surface area contributed by atoms with Crippen LogP contribution >= 0.6 is 0 Å². The fraction of sp³-hybridized carbons (Fsp3) is 0.924. The maximum Gasteiger partial charge on any atom is 0.397 e. The summed E-state index contributed by atoms with van der Waals surface area (Å²) < 4.78 is 162. The van der Waals surface area contributed by atoms with Gasteiger partial charge in [-0.3, -0.25) is 28.5 Å². The first-order valence-corrected chi connectivity index (χ1v) is 47.2. The van der Waals surface area contributed by atoms with E-state index in [0.29, 0.717) is 0 Å². The van der Waals surface area contributed by atoms with Crippen LogP contribution in [0, 0.1) is 0 Å². The van der Waals surface area contributed by atoms with E-state index in [-0.39, 0.29) is 0 Å². The summed E-state index contributed by atoms with van der Waals surface area (Å²) in [5.41, 5.74) is 0. The van der Waals surface area contributed by atoms with Crippen molar-refractivity contribution in [3.05, 3.63) is 0 Å². The van der Waals surface area contributed by atoms with E-state index in [9.17, 15) is 195 Å². The number of nitrogens with one attached hydrogen (secondary N) is 5. The van der Waals surface area contributed by atoms with Crippen molar-refractivity contribution >= 4 is 45.9 Å². The number of aliphatic hydroxyl groups is 29. The lowest BCUT2D eigenvalue weighted by Crippen LogP contribution is -2.71. The Labute approximate surface area is 825 Å². The number of rotatable bonds is 40. The minimum Gasteiger partial charge on any atom is -0.477 e. The van der Waals surface area contributed by atoms with E-state index in [1.807, 2.05) is 0 Å². The topological polar surface area (TPSA) is 1030 Å². The Hall–Kier alpha value is -5.31. The van der Waals surface area contributed by atoms with Crippen molar-refractivity contribution in [2.75, 3.05) is 66.1 Å². The Bertz CT molecular complexity index is 4300. The monoisotopic (exact) mass is 2160 g/mol. The van der Waals surface area contributed by atoms with Crippen LogP contribution in [0.5, 0.6) is 0 Å². The van der Waals surface area contributed by atoms with Crippen molar-refractivity contribution in [1.29, 1.82) is 0 Å². The molecule has 0 aliphatic carbocycles. The fourth-order valence-corrected chi connectivity index (χ4v) is 19.0. The van der Waals surface area contributed by atoms with Gasteiger partial charge in [0.05, 0.1) is 84.3 Å². The molecule has 1 unspecified atom stereocenters. The molecule has 5 amide bonds. The van der Waals surface area contributed by atoms with E-state index in [2.05, 4.69) is 30.8 Å². The molecule has 0 aromatic carbocycles. The van der Waals surface area contributed by atoms with Crippen LogP contribution in [-0.4, -0.2) is 611 Å². The van der Waals surface area contributed by atoms with Crippen LogP contribution in [-0.2, 0) is 143 Å².